The van der Waals surface area contributed by atoms with Crippen LogP contribution in [0.1, 0.15) is 61.0 Å². The van der Waals surface area contributed by atoms with Gasteiger partial charge in [-0.25, -0.2) is 4.98 Å². The van der Waals surface area contributed by atoms with Crippen molar-refractivity contribution in [1.29, 1.82) is 5.26 Å². The summed E-state index contributed by atoms with van der Waals surface area (Å²) in [6, 6.07) is 5.50. The summed E-state index contributed by atoms with van der Waals surface area (Å²) in [5.41, 5.74) is 0.864. The Labute approximate surface area is 113 Å². The third kappa shape index (κ3) is 4.06. The van der Waals surface area contributed by atoms with Gasteiger partial charge in [-0.3, -0.25) is 4.79 Å². The van der Waals surface area contributed by atoms with Crippen molar-refractivity contribution in [3.63, 3.8) is 0 Å². The molecule has 4 nitrogen and oxygen atoms in total. The van der Waals surface area contributed by atoms with Gasteiger partial charge in [-0.2, -0.15) is 5.26 Å². The first-order valence-corrected chi connectivity index (χ1v) is 6.96. The molecule has 100 valence electrons. The molecule has 1 aliphatic carbocycles. The van der Waals surface area contributed by atoms with Gasteiger partial charge in [-0.1, -0.05) is 32.1 Å². The lowest BCUT2D eigenvalue weighted by molar-refractivity contribution is 0.0925. The van der Waals surface area contributed by atoms with Crippen molar-refractivity contribution >= 4 is 5.91 Å². The highest BCUT2D eigenvalue weighted by Gasteiger charge is 2.15. The van der Waals surface area contributed by atoms with Crippen molar-refractivity contribution in [3.05, 3.63) is 29.6 Å². The summed E-state index contributed by atoms with van der Waals surface area (Å²) in [4.78, 5) is 16.1. The van der Waals surface area contributed by atoms with Gasteiger partial charge in [0.25, 0.3) is 5.91 Å². The van der Waals surface area contributed by atoms with Gasteiger partial charge in [0.05, 0.1) is 5.56 Å². The van der Waals surface area contributed by atoms with Gasteiger partial charge >= 0.3 is 0 Å². The maximum Gasteiger partial charge on any atom is 0.270 e. The summed E-state index contributed by atoms with van der Waals surface area (Å²) in [6.45, 7) is 0. The molecule has 0 bridgehead atoms. The van der Waals surface area contributed by atoms with Gasteiger partial charge in [0.15, 0.2) is 0 Å². The number of nitriles is 1. The first-order chi connectivity index (χ1) is 9.29. The molecular formula is C15H19N3O. The zero-order chi connectivity index (χ0) is 13.5. The number of aromatic nitrogens is 1. The lowest BCUT2D eigenvalue weighted by Gasteiger charge is -2.20. The van der Waals surface area contributed by atoms with Gasteiger partial charge in [0.2, 0.25) is 0 Å². The van der Waals surface area contributed by atoms with E-state index in [1.807, 2.05) is 6.07 Å². The molecule has 2 rings (SSSR count). The highest BCUT2D eigenvalue weighted by molar-refractivity contribution is 5.92. The summed E-state index contributed by atoms with van der Waals surface area (Å²) in [7, 11) is 0. The summed E-state index contributed by atoms with van der Waals surface area (Å²) in [5.74, 6) is -0.130. The zero-order valence-electron chi connectivity index (χ0n) is 11.1. The van der Waals surface area contributed by atoms with Crippen LogP contribution in [0.3, 0.4) is 0 Å². The molecular weight excluding hydrogens is 238 g/mol. The topological polar surface area (TPSA) is 65.8 Å². The molecule has 1 fully saturated rings. The number of carbonyl (C=O) groups is 1. The number of pyridine rings is 1. The van der Waals surface area contributed by atoms with E-state index in [0.29, 0.717) is 11.3 Å². The smallest absolute Gasteiger partial charge is 0.270 e. The van der Waals surface area contributed by atoms with E-state index in [1.54, 1.807) is 12.1 Å². The van der Waals surface area contributed by atoms with Crippen LogP contribution < -0.4 is 5.32 Å². The fraction of sp³-hybridized carbons (Fsp3) is 0.533. The van der Waals surface area contributed by atoms with Gasteiger partial charge < -0.3 is 5.32 Å². The first kappa shape index (κ1) is 13.5. The molecule has 1 aromatic rings. The van der Waals surface area contributed by atoms with Crippen LogP contribution in [-0.4, -0.2) is 16.9 Å². The van der Waals surface area contributed by atoms with Crippen LogP contribution >= 0.6 is 0 Å². The van der Waals surface area contributed by atoms with Gasteiger partial charge in [0.1, 0.15) is 11.8 Å². The van der Waals surface area contributed by atoms with Crippen LogP contribution in [0, 0.1) is 11.3 Å². The van der Waals surface area contributed by atoms with E-state index in [0.717, 1.165) is 12.8 Å². The Morgan fingerprint density at radius 3 is 2.47 bits per heavy atom. The van der Waals surface area contributed by atoms with E-state index >= 15 is 0 Å². The molecule has 0 atom stereocenters. The van der Waals surface area contributed by atoms with Crippen molar-refractivity contribution in [1.82, 2.24) is 10.3 Å². The second-order valence-electron chi connectivity index (χ2n) is 5.06. The first-order valence-electron chi connectivity index (χ1n) is 6.96. The molecule has 1 heterocycles. The number of carbonyl (C=O) groups excluding carboxylic acids is 1. The third-order valence-corrected chi connectivity index (χ3v) is 3.57. The largest absolute Gasteiger partial charge is 0.348 e. The molecule has 0 aliphatic heterocycles. The maximum absolute atomic E-state index is 12.1. The van der Waals surface area contributed by atoms with Crippen molar-refractivity contribution in [3.8, 4) is 6.07 Å². The minimum atomic E-state index is -0.130. The number of hydrogen-bond donors (Lipinski definition) is 1. The van der Waals surface area contributed by atoms with Crippen LogP contribution in [0.2, 0.25) is 0 Å². The third-order valence-electron chi connectivity index (χ3n) is 3.57. The van der Waals surface area contributed by atoms with E-state index in [1.165, 1.54) is 38.3 Å². The zero-order valence-corrected chi connectivity index (χ0v) is 11.1. The maximum atomic E-state index is 12.1. The number of hydrogen-bond acceptors (Lipinski definition) is 3. The Morgan fingerprint density at radius 2 is 1.89 bits per heavy atom. The predicted molar refractivity (Wildman–Crippen MR) is 72.5 cm³/mol. The van der Waals surface area contributed by atoms with Crippen LogP contribution in [0.15, 0.2) is 18.3 Å². The molecule has 1 amide bonds. The van der Waals surface area contributed by atoms with Crippen molar-refractivity contribution in [2.24, 2.45) is 0 Å². The summed E-state index contributed by atoms with van der Waals surface area (Å²) < 4.78 is 0. The minimum absolute atomic E-state index is 0.130. The Kier molecular flexibility index (Phi) is 4.91. The number of nitrogens with one attached hydrogen (secondary N) is 1. The normalized spacial score (nSPS) is 17.0. The Hall–Kier alpha value is -1.89. The van der Waals surface area contributed by atoms with Crippen LogP contribution in [0.25, 0.3) is 0 Å². The molecule has 0 saturated heterocycles. The van der Waals surface area contributed by atoms with Crippen molar-refractivity contribution in [2.45, 2.75) is 51.0 Å². The van der Waals surface area contributed by atoms with E-state index in [9.17, 15) is 4.79 Å². The van der Waals surface area contributed by atoms with Crippen molar-refractivity contribution in [2.75, 3.05) is 0 Å². The molecule has 0 spiro atoms. The van der Waals surface area contributed by atoms with Crippen LogP contribution in [0.5, 0.6) is 0 Å². The fourth-order valence-electron chi connectivity index (χ4n) is 2.45. The summed E-state index contributed by atoms with van der Waals surface area (Å²) in [5, 5.41) is 11.8. The monoisotopic (exact) mass is 257 g/mol. The second kappa shape index (κ2) is 6.89. The number of nitrogens with zero attached hydrogens (tertiary/aromatic N) is 2. The van der Waals surface area contributed by atoms with E-state index in [-0.39, 0.29) is 11.9 Å². The molecule has 1 aliphatic rings. The Balaban J connectivity index is 1.93. The second-order valence-corrected chi connectivity index (χ2v) is 5.06. The molecule has 4 heteroatoms. The fourth-order valence-corrected chi connectivity index (χ4v) is 2.45. The van der Waals surface area contributed by atoms with Crippen LogP contribution in [0.4, 0.5) is 0 Å². The van der Waals surface area contributed by atoms with E-state index in [2.05, 4.69) is 10.3 Å². The lowest BCUT2D eigenvalue weighted by atomic mass is 9.96. The Bertz CT molecular complexity index is 453. The van der Waals surface area contributed by atoms with Crippen LogP contribution in [-0.2, 0) is 0 Å². The standard InChI is InChI=1S/C15H19N3O/c16-10-12-8-9-14(17-11-12)15(19)18-13-6-4-2-1-3-5-7-13/h8-9,11,13H,1-7H2,(H,18,19). The molecule has 0 unspecified atom stereocenters. The van der Waals surface area contributed by atoms with Gasteiger partial charge in [0, 0.05) is 12.2 Å². The quantitative estimate of drug-likeness (QED) is 0.886. The summed E-state index contributed by atoms with van der Waals surface area (Å²) >= 11 is 0. The average molecular weight is 257 g/mol. The molecule has 1 saturated carbocycles. The average Bonchev–Trinajstić information content (AvgIpc) is 2.41. The van der Waals surface area contributed by atoms with E-state index in [4.69, 9.17) is 5.26 Å². The van der Waals surface area contributed by atoms with E-state index < -0.39 is 0 Å². The molecule has 1 N–H and O–H groups in total. The number of rotatable bonds is 2. The minimum Gasteiger partial charge on any atom is -0.348 e. The predicted octanol–water partition coefficient (Wildman–Crippen LogP) is 2.80. The SMILES string of the molecule is N#Cc1ccc(C(=O)NC2CCCCCCC2)nc1. The van der Waals surface area contributed by atoms with Gasteiger partial charge in [-0.05, 0) is 25.0 Å². The Morgan fingerprint density at radius 1 is 1.21 bits per heavy atom. The highest BCUT2D eigenvalue weighted by Crippen LogP contribution is 2.17. The van der Waals surface area contributed by atoms with Gasteiger partial charge in [-0.15, -0.1) is 0 Å². The molecule has 1 aromatic heterocycles. The van der Waals surface area contributed by atoms with Crippen molar-refractivity contribution < 1.29 is 4.79 Å². The highest BCUT2D eigenvalue weighted by atomic mass is 16.1. The number of amides is 1. The lowest BCUT2D eigenvalue weighted by Crippen LogP contribution is -2.35. The molecule has 0 radical (unpaired) electrons. The summed E-state index contributed by atoms with van der Waals surface area (Å²) in [6.07, 6.45) is 9.77. The molecule has 19 heavy (non-hydrogen) atoms. The molecule has 0 aromatic carbocycles.